The number of ether oxygens (including phenoxy) is 1. The number of oxazole rings is 1. The largest absolute Gasteiger partial charge is 0.444 e. The van der Waals surface area contributed by atoms with Crippen LogP contribution < -0.4 is 16.0 Å². The summed E-state index contributed by atoms with van der Waals surface area (Å²) in [5.41, 5.74) is 3.83. The molecule has 0 saturated heterocycles. The zero-order chi connectivity index (χ0) is 22.9. The van der Waals surface area contributed by atoms with Crippen molar-refractivity contribution < 1.29 is 23.8 Å². The number of carbonyl (C=O) groups is 2. The standard InChI is InChI=1S/C23H26N4O5/c1-3-19(13-28)32-23(30)25-11-16-5-4-6-17(10-16)26-22(29)27-18-7-8-20(15(2)9-18)21-12-24-14-31-21/h4-10,12,14,19,28H,3,11,13H2,1-2H3,(H,25,30)(H2,26,27,29)/t19-/m0/s1. The average molecular weight is 438 g/mol. The molecule has 9 nitrogen and oxygen atoms in total. The van der Waals surface area contributed by atoms with E-state index in [0.29, 0.717) is 23.6 Å². The van der Waals surface area contributed by atoms with Crippen molar-refractivity contribution >= 4 is 23.5 Å². The molecule has 9 heteroatoms. The molecule has 0 radical (unpaired) electrons. The minimum absolute atomic E-state index is 0.221. The van der Waals surface area contributed by atoms with E-state index in [1.54, 1.807) is 30.5 Å². The monoisotopic (exact) mass is 438 g/mol. The van der Waals surface area contributed by atoms with Crippen LogP contribution in [-0.4, -0.2) is 34.9 Å². The number of aryl methyl sites for hydroxylation is 1. The molecule has 0 aliphatic heterocycles. The summed E-state index contributed by atoms with van der Waals surface area (Å²) in [5.74, 6) is 0.661. The van der Waals surface area contributed by atoms with E-state index in [0.717, 1.165) is 16.7 Å². The molecule has 0 aliphatic rings. The van der Waals surface area contributed by atoms with Gasteiger partial charge in [0.25, 0.3) is 0 Å². The topological polar surface area (TPSA) is 126 Å². The number of anilines is 2. The van der Waals surface area contributed by atoms with E-state index in [1.165, 1.54) is 6.39 Å². The van der Waals surface area contributed by atoms with Crippen LogP contribution in [0.4, 0.5) is 21.0 Å². The van der Waals surface area contributed by atoms with E-state index in [2.05, 4.69) is 20.9 Å². The van der Waals surface area contributed by atoms with Crippen LogP contribution in [0.15, 0.2) is 59.5 Å². The lowest BCUT2D eigenvalue weighted by molar-refractivity contribution is 0.0553. The van der Waals surface area contributed by atoms with Gasteiger partial charge in [0, 0.05) is 23.5 Å². The molecule has 0 bridgehead atoms. The van der Waals surface area contributed by atoms with Gasteiger partial charge in [-0.15, -0.1) is 0 Å². The number of urea groups is 1. The summed E-state index contributed by atoms with van der Waals surface area (Å²) in [5, 5.41) is 17.3. The number of aliphatic hydroxyl groups is 1. The Labute approximate surface area is 185 Å². The predicted molar refractivity (Wildman–Crippen MR) is 120 cm³/mol. The van der Waals surface area contributed by atoms with E-state index in [4.69, 9.17) is 14.3 Å². The molecule has 1 heterocycles. The SMILES string of the molecule is CC[C@@H](CO)OC(=O)NCc1cccc(NC(=O)Nc2ccc(-c3cnco3)c(C)c2)c1. The number of benzene rings is 2. The van der Waals surface area contributed by atoms with Crippen LogP contribution >= 0.6 is 0 Å². The van der Waals surface area contributed by atoms with Gasteiger partial charge >= 0.3 is 12.1 Å². The van der Waals surface area contributed by atoms with Crippen LogP contribution in [0.1, 0.15) is 24.5 Å². The number of rotatable bonds is 8. The third kappa shape index (κ3) is 6.32. The van der Waals surface area contributed by atoms with Crippen LogP contribution in [0.3, 0.4) is 0 Å². The molecule has 168 valence electrons. The molecule has 3 amide bonds. The highest BCUT2D eigenvalue weighted by atomic mass is 16.6. The summed E-state index contributed by atoms with van der Waals surface area (Å²) < 4.78 is 10.4. The third-order valence-electron chi connectivity index (χ3n) is 4.74. The van der Waals surface area contributed by atoms with Gasteiger partial charge in [0.1, 0.15) is 6.10 Å². The Bertz CT molecular complexity index is 1050. The Balaban J connectivity index is 1.54. The number of alkyl carbamates (subject to hydrolysis) is 1. The molecular weight excluding hydrogens is 412 g/mol. The van der Waals surface area contributed by atoms with Crippen LogP contribution in [-0.2, 0) is 11.3 Å². The Kier molecular flexibility index (Phi) is 7.82. The molecule has 1 aromatic heterocycles. The van der Waals surface area contributed by atoms with Gasteiger partial charge in [-0.25, -0.2) is 14.6 Å². The van der Waals surface area contributed by atoms with Crippen LogP contribution in [0.25, 0.3) is 11.3 Å². The zero-order valence-corrected chi connectivity index (χ0v) is 17.9. The van der Waals surface area contributed by atoms with Crippen molar-refractivity contribution in [3.63, 3.8) is 0 Å². The average Bonchev–Trinajstić information content (AvgIpc) is 3.31. The van der Waals surface area contributed by atoms with Gasteiger partial charge in [0.2, 0.25) is 0 Å². The summed E-state index contributed by atoms with van der Waals surface area (Å²) in [6, 6.07) is 12.2. The first-order valence-electron chi connectivity index (χ1n) is 10.2. The highest BCUT2D eigenvalue weighted by Crippen LogP contribution is 2.25. The molecule has 2 aromatic carbocycles. The normalized spacial score (nSPS) is 11.5. The molecule has 0 saturated carbocycles. The van der Waals surface area contributed by atoms with Gasteiger partial charge in [0.05, 0.1) is 12.8 Å². The van der Waals surface area contributed by atoms with Gasteiger partial charge in [-0.05, 0) is 54.8 Å². The van der Waals surface area contributed by atoms with Crippen LogP contribution in [0, 0.1) is 6.92 Å². The van der Waals surface area contributed by atoms with Gasteiger partial charge in [-0.2, -0.15) is 0 Å². The number of hydrogen-bond acceptors (Lipinski definition) is 6. The van der Waals surface area contributed by atoms with E-state index >= 15 is 0 Å². The Morgan fingerprint density at radius 3 is 2.59 bits per heavy atom. The molecule has 32 heavy (non-hydrogen) atoms. The lowest BCUT2D eigenvalue weighted by atomic mass is 10.1. The molecule has 0 spiro atoms. The third-order valence-corrected chi connectivity index (χ3v) is 4.74. The van der Waals surface area contributed by atoms with Gasteiger partial charge in [0.15, 0.2) is 12.2 Å². The summed E-state index contributed by atoms with van der Waals surface area (Å²) in [4.78, 5) is 28.1. The maximum absolute atomic E-state index is 12.4. The Morgan fingerprint density at radius 1 is 1.16 bits per heavy atom. The molecule has 0 unspecified atom stereocenters. The predicted octanol–water partition coefficient (Wildman–Crippen LogP) is 4.29. The fourth-order valence-corrected chi connectivity index (χ4v) is 3.04. The number of aliphatic hydroxyl groups excluding tert-OH is 1. The van der Waals surface area contributed by atoms with Crippen LogP contribution in [0.2, 0.25) is 0 Å². The second kappa shape index (κ2) is 11.0. The van der Waals surface area contributed by atoms with Crippen molar-refractivity contribution in [3.05, 3.63) is 66.2 Å². The first-order valence-corrected chi connectivity index (χ1v) is 10.2. The summed E-state index contributed by atoms with van der Waals surface area (Å²) in [6.07, 6.45) is 2.41. The van der Waals surface area contributed by atoms with Gasteiger partial charge < -0.3 is 30.2 Å². The van der Waals surface area contributed by atoms with E-state index in [1.807, 2.05) is 32.0 Å². The molecule has 3 aromatic rings. The van der Waals surface area contributed by atoms with Gasteiger partial charge in [-0.3, -0.25) is 0 Å². The summed E-state index contributed by atoms with van der Waals surface area (Å²) in [6.45, 7) is 3.74. The highest BCUT2D eigenvalue weighted by Gasteiger charge is 2.11. The number of nitrogens with one attached hydrogen (secondary N) is 3. The number of nitrogens with zero attached hydrogens (tertiary/aromatic N) is 1. The van der Waals surface area contributed by atoms with E-state index < -0.39 is 18.2 Å². The maximum Gasteiger partial charge on any atom is 0.407 e. The fourth-order valence-electron chi connectivity index (χ4n) is 3.04. The first-order chi connectivity index (χ1) is 15.5. The fraction of sp³-hybridized carbons (Fsp3) is 0.261. The maximum atomic E-state index is 12.4. The van der Waals surface area contributed by atoms with E-state index in [9.17, 15) is 9.59 Å². The summed E-state index contributed by atoms with van der Waals surface area (Å²) >= 11 is 0. The number of aromatic nitrogens is 1. The van der Waals surface area contributed by atoms with Crippen molar-refractivity contribution in [2.24, 2.45) is 0 Å². The van der Waals surface area contributed by atoms with Gasteiger partial charge in [-0.1, -0.05) is 19.1 Å². The number of amides is 3. The minimum atomic E-state index is -0.605. The lowest BCUT2D eigenvalue weighted by Gasteiger charge is -2.14. The quantitative estimate of drug-likeness (QED) is 0.416. The lowest BCUT2D eigenvalue weighted by Crippen LogP contribution is -2.30. The van der Waals surface area contributed by atoms with Crippen molar-refractivity contribution in [3.8, 4) is 11.3 Å². The molecule has 4 N–H and O–H groups in total. The van der Waals surface area contributed by atoms with Crippen molar-refractivity contribution in [2.75, 3.05) is 17.2 Å². The second-order valence-corrected chi connectivity index (χ2v) is 7.15. The van der Waals surface area contributed by atoms with Crippen molar-refractivity contribution in [1.29, 1.82) is 0 Å². The van der Waals surface area contributed by atoms with E-state index in [-0.39, 0.29) is 13.2 Å². The minimum Gasteiger partial charge on any atom is -0.444 e. The Hall–Kier alpha value is -3.85. The Morgan fingerprint density at radius 2 is 1.94 bits per heavy atom. The molecule has 1 atom stereocenters. The number of carbonyl (C=O) groups excluding carboxylic acids is 2. The zero-order valence-electron chi connectivity index (χ0n) is 17.9. The van der Waals surface area contributed by atoms with Crippen molar-refractivity contribution in [2.45, 2.75) is 32.9 Å². The first kappa shape index (κ1) is 22.8. The summed E-state index contributed by atoms with van der Waals surface area (Å²) in [7, 11) is 0. The second-order valence-electron chi connectivity index (χ2n) is 7.15. The molecule has 0 aliphatic carbocycles. The molecule has 3 rings (SSSR count). The van der Waals surface area contributed by atoms with Crippen LogP contribution in [0.5, 0.6) is 0 Å². The molecular formula is C23H26N4O5. The molecule has 0 fully saturated rings. The smallest absolute Gasteiger partial charge is 0.407 e. The highest BCUT2D eigenvalue weighted by molar-refractivity contribution is 6.00. The van der Waals surface area contributed by atoms with Crippen molar-refractivity contribution in [1.82, 2.24) is 10.3 Å². The number of hydrogen-bond donors (Lipinski definition) is 4.